The second-order valence-electron chi connectivity index (χ2n) is 6.67. The van der Waals surface area contributed by atoms with Crippen LogP contribution in [-0.2, 0) is 4.74 Å². The Morgan fingerprint density at radius 3 is 2.84 bits per heavy atom. The molecule has 6 nitrogen and oxygen atoms in total. The van der Waals surface area contributed by atoms with Gasteiger partial charge >= 0.3 is 0 Å². The fourth-order valence-electron chi connectivity index (χ4n) is 3.78. The number of halogens is 1. The minimum Gasteiger partial charge on any atom is -0.378 e. The molecule has 1 aromatic carbocycles. The molecular formula is C18H20FN3O3. The predicted octanol–water partition coefficient (Wildman–Crippen LogP) is 1.26. The average molecular weight is 345 g/mol. The number of hydrogen-bond donors (Lipinski definition) is 2. The molecule has 2 aliphatic rings. The number of aromatic nitrogens is 1. The molecule has 0 radical (unpaired) electrons. The van der Waals surface area contributed by atoms with Crippen molar-refractivity contribution in [1.82, 2.24) is 15.2 Å². The number of nitrogens with one attached hydrogen (secondary N) is 2. The maximum Gasteiger partial charge on any atom is 0.252 e. The van der Waals surface area contributed by atoms with E-state index < -0.39 is 11.4 Å². The molecule has 2 fully saturated rings. The number of ether oxygens (including phenoxy) is 1. The van der Waals surface area contributed by atoms with Crippen LogP contribution in [0.2, 0.25) is 0 Å². The van der Waals surface area contributed by atoms with Gasteiger partial charge in [0.05, 0.1) is 36.4 Å². The number of pyridine rings is 1. The largest absolute Gasteiger partial charge is 0.378 e. The lowest BCUT2D eigenvalue weighted by Gasteiger charge is -2.28. The van der Waals surface area contributed by atoms with Gasteiger partial charge in [-0.3, -0.25) is 14.5 Å². The molecule has 132 valence electrons. The molecular weight excluding hydrogens is 325 g/mol. The van der Waals surface area contributed by atoms with Crippen molar-refractivity contribution in [3.05, 3.63) is 46.0 Å². The zero-order valence-electron chi connectivity index (χ0n) is 13.8. The number of carbonyl (C=O) groups excluding carboxylic acids is 1. The van der Waals surface area contributed by atoms with Crippen LogP contribution in [0.3, 0.4) is 0 Å². The molecule has 1 amide bonds. The zero-order chi connectivity index (χ0) is 17.4. The summed E-state index contributed by atoms with van der Waals surface area (Å²) in [7, 11) is 0. The van der Waals surface area contributed by atoms with Gasteiger partial charge in [0.15, 0.2) is 0 Å². The standard InChI is InChI=1S/C18H20FN3O3/c19-11-3-4-12-13(8-17(23)20-14(12)7-11)18(24)21-15-9-25-10-16(15)22-5-1-2-6-22/h3-4,7-8,15-16H,1-2,5-6,9-10H2,(H,20,23)(H,21,24)/t15-,16-/m0/s1. The highest BCUT2D eigenvalue weighted by Gasteiger charge is 2.35. The Kier molecular flexibility index (Phi) is 4.27. The SMILES string of the molecule is O=C(N[C@H]1COC[C@@H]1N1CCCC1)c1cc(=O)[nH]c2cc(F)ccc12. The number of carbonyl (C=O) groups is 1. The van der Waals surface area contributed by atoms with Crippen molar-refractivity contribution in [2.75, 3.05) is 26.3 Å². The number of fused-ring (bicyclic) bond motifs is 1. The summed E-state index contributed by atoms with van der Waals surface area (Å²) in [4.78, 5) is 29.5. The first-order valence-electron chi connectivity index (χ1n) is 8.57. The van der Waals surface area contributed by atoms with E-state index in [4.69, 9.17) is 4.74 Å². The van der Waals surface area contributed by atoms with Gasteiger partial charge < -0.3 is 15.0 Å². The van der Waals surface area contributed by atoms with Crippen LogP contribution in [0.25, 0.3) is 10.9 Å². The van der Waals surface area contributed by atoms with Crippen molar-refractivity contribution in [1.29, 1.82) is 0 Å². The molecule has 0 aliphatic carbocycles. The molecule has 2 saturated heterocycles. The smallest absolute Gasteiger partial charge is 0.252 e. The Hall–Kier alpha value is -2.25. The first-order chi connectivity index (χ1) is 12.1. The molecule has 2 atom stereocenters. The van der Waals surface area contributed by atoms with Gasteiger partial charge in [0.1, 0.15) is 5.82 Å². The van der Waals surface area contributed by atoms with Crippen LogP contribution >= 0.6 is 0 Å². The third kappa shape index (κ3) is 3.17. The number of nitrogens with zero attached hydrogens (tertiary/aromatic N) is 1. The minimum atomic E-state index is -0.459. The molecule has 1 aromatic heterocycles. The monoisotopic (exact) mass is 345 g/mol. The summed E-state index contributed by atoms with van der Waals surface area (Å²) in [6.07, 6.45) is 2.34. The van der Waals surface area contributed by atoms with Gasteiger partial charge in [0, 0.05) is 11.5 Å². The molecule has 0 unspecified atom stereocenters. The first kappa shape index (κ1) is 16.2. The van der Waals surface area contributed by atoms with E-state index in [1.165, 1.54) is 37.1 Å². The minimum absolute atomic E-state index is 0.111. The highest BCUT2D eigenvalue weighted by Crippen LogP contribution is 2.21. The molecule has 25 heavy (non-hydrogen) atoms. The van der Waals surface area contributed by atoms with E-state index in [2.05, 4.69) is 15.2 Å². The normalized spacial score (nSPS) is 24.0. The molecule has 3 heterocycles. The zero-order valence-corrected chi connectivity index (χ0v) is 13.8. The fourth-order valence-corrected chi connectivity index (χ4v) is 3.78. The summed E-state index contributed by atoms with van der Waals surface area (Å²) in [6, 6.07) is 5.33. The molecule has 2 aliphatic heterocycles. The van der Waals surface area contributed by atoms with Crippen LogP contribution in [0.1, 0.15) is 23.2 Å². The summed E-state index contributed by atoms with van der Waals surface area (Å²) < 4.78 is 19.0. The molecule has 0 spiro atoms. The van der Waals surface area contributed by atoms with E-state index in [0.29, 0.717) is 24.1 Å². The predicted molar refractivity (Wildman–Crippen MR) is 91.2 cm³/mol. The topological polar surface area (TPSA) is 74.4 Å². The van der Waals surface area contributed by atoms with Crippen LogP contribution in [-0.4, -0.2) is 54.2 Å². The van der Waals surface area contributed by atoms with E-state index in [1.54, 1.807) is 0 Å². The van der Waals surface area contributed by atoms with E-state index in [-0.39, 0.29) is 23.6 Å². The second kappa shape index (κ2) is 6.57. The van der Waals surface area contributed by atoms with Gasteiger partial charge in [-0.15, -0.1) is 0 Å². The summed E-state index contributed by atoms with van der Waals surface area (Å²) in [5, 5.41) is 3.53. The number of likely N-dealkylation sites (tertiary alicyclic amines) is 1. The van der Waals surface area contributed by atoms with Gasteiger partial charge in [0.2, 0.25) is 5.56 Å². The Bertz CT molecular complexity index is 860. The molecule has 2 N–H and O–H groups in total. The number of H-pyrrole nitrogens is 1. The maximum absolute atomic E-state index is 13.4. The van der Waals surface area contributed by atoms with Crippen molar-refractivity contribution < 1.29 is 13.9 Å². The fraction of sp³-hybridized carbons (Fsp3) is 0.444. The summed E-state index contributed by atoms with van der Waals surface area (Å²) in [6.45, 7) is 3.11. The van der Waals surface area contributed by atoms with Gasteiger partial charge in [0.25, 0.3) is 5.91 Å². The number of hydrogen-bond acceptors (Lipinski definition) is 4. The van der Waals surface area contributed by atoms with Crippen LogP contribution in [0.4, 0.5) is 4.39 Å². The van der Waals surface area contributed by atoms with E-state index >= 15 is 0 Å². The van der Waals surface area contributed by atoms with Gasteiger partial charge in [-0.25, -0.2) is 4.39 Å². The van der Waals surface area contributed by atoms with E-state index in [9.17, 15) is 14.0 Å². The first-order valence-corrected chi connectivity index (χ1v) is 8.57. The van der Waals surface area contributed by atoms with E-state index in [1.807, 2.05) is 0 Å². The molecule has 7 heteroatoms. The highest BCUT2D eigenvalue weighted by molar-refractivity contribution is 6.06. The quantitative estimate of drug-likeness (QED) is 0.878. The third-order valence-electron chi connectivity index (χ3n) is 5.03. The molecule has 2 aromatic rings. The van der Waals surface area contributed by atoms with Crippen molar-refractivity contribution in [3.8, 4) is 0 Å². The van der Waals surface area contributed by atoms with Crippen LogP contribution in [0.15, 0.2) is 29.1 Å². The average Bonchev–Trinajstić information content (AvgIpc) is 3.24. The maximum atomic E-state index is 13.4. The summed E-state index contributed by atoms with van der Waals surface area (Å²) in [5.74, 6) is -0.790. The molecule has 0 saturated carbocycles. The van der Waals surface area contributed by atoms with Crippen LogP contribution in [0.5, 0.6) is 0 Å². The number of aromatic amines is 1. The summed E-state index contributed by atoms with van der Waals surface area (Å²) >= 11 is 0. The molecule has 4 rings (SSSR count). The lowest BCUT2D eigenvalue weighted by molar-refractivity contribution is 0.0918. The van der Waals surface area contributed by atoms with E-state index in [0.717, 1.165) is 13.1 Å². The van der Waals surface area contributed by atoms with Crippen LogP contribution < -0.4 is 10.9 Å². The van der Waals surface area contributed by atoms with Crippen molar-refractivity contribution >= 4 is 16.8 Å². The van der Waals surface area contributed by atoms with Crippen molar-refractivity contribution in [2.24, 2.45) is 0 Å². The van der Waals surface area contributed by atoms with Crippen LogP contribution in [0, 0.1) is 5.82 Å². The van der Waals surface area contributed by atoms with Gasteiger partial charge in [-0.1, -0.05) is 0 Å². The summed E-state index contributed by atoms with van der Waals surface area (Å²) in [5.41, 5.74) is 0.143. The third-order valence-corrected chi connectivity index (χ3v) is 5.03. The van der Waals surface area contributed by atoms with Crippen molar-refractivity contribution in [2.45, 2.75) is 24.9 Å². The highest BCUT2D eigenvalue weighted by atomic mass is 19.1. The lowest BCUT2D eigenvalue weighted by atomic mass is 10.1. The van der Waals surface area contributed by atoms with Gasteiger partial charge in [-0.05, 0) is 44.1 Å². The number of benzene rings is 1. The second-order valence-corrected chi connectivity index (χ2v) is 6.67. The van der Waals surface area contributed by atoms with Crippen molar-refractivity contribution in [3.63, 3.8) is 0 Å². The molecule has 0 bridgehead atoms. The number of rotatable bonds is 3. The Labute approximate surface area is 144 Å². The Balaban J connectivity index is 1.60. The Morgan fingerprint density at radius 2 is 2.04 bits per heavy atom. The number of amides is 1. The lowest BCUT2D eigenvalue weighted by Crippen LogP contribution is -2.50. The van der Waals surface area contributed by atoms with Gasteiger partial charge in [-0.2, -0.15) is 0 Å². The Morgan fingerprint density at radius 1 is 1.24 bits per heavy atom.